The summed E-state index contributed by atoms with van der Waals surface area (Å²) in [4.78, 5) is 0.156. The number of hydrogen-bond donors (Lipinski definition) is 1. The van der Waals surface area contributed by atoms with Gasteiger partial charge in [0.1, 0.15) is 23.0 Å². The first-order chi connectivity index (χ1) is 12.6. The summed E-state index contributed by atoms with van der Waals surface area (Å²) in [5.74, 6) is 2.49. The highest BCUT2D eigenvalue weighted by Gasteiger charge is 2.14. The summed E-state index contributed by atoms with van der Waals surface area (Å²) in [6.45, 7) is 2.62. The van der Waals surface area contributed by atoms with Crippen LogP contribution in [-0.4, -0.2) is 15.0 Å². The van der Waals surface area contributed by atoms with Gasteiger partial charge in [-0.15, -0.1) is 0 Å². The van der Waals surface area contributed by atoms with Gasteiger partial charge in [0.25, 0.3) is 0 Å². The third-order valence-electron chi connectivity index (χ3n) is 3.52. The summed E-state index contributed by atoms with van der Waals surface area (Å²) >= 11 is 0. The highest BCUT2D eigenvalue weighted by Crippen LogP contribution is 2.25. The SMILES string of the molecule is CCOc1ccc(Oc2ccc(S(=O)(=O)NCc3ccco3)cc2)cc1. The van der Waals surface area contributed by atoms with E-state index < -0.39 is 10.0 Å². The van der Waals surface area contributed by atoms with Gasteiger partial charge in [-0.3, -0.25) is 0 Å². The zero-order valence-corrected chi connectivity index (χ0v) is 15.0. The largest absolute Gasteiger partial charge is 0.494 e. The Kier molecular flexibility index (Phi) is 5.60. The molecule has 7 heteroatoms. The first-order valence-corrected chi connectivity index (χ1v) is 9.58. The minimum Gasteiger partial charge on any atom is -0.494 e. The quantitative estimate of drug-likeness (QED) is 0.647. The van der Waals surface area contributed by atoms with Crippen LogP contribution >= 0.6 is 0 Å². The summed E-state index contributed by atoms with van der Waals surface area (Å²) in [5, 5.41) is 0. The monoisotopic (exact) mass is 373 g/mol. The summed E-state index contributed by atoms with van der Waals surface area (Å²) in [7, 11) is -3.62. The Balaban J connectivity index is 1.63. The van der Waals surface area contributed by atoms with E-state index in [0.29, 0.717) is 23.9 Å². The maximum absolute atomic E-state index is 12.3. The second-order valence-corrected chi connectivity index (χ2v) is 7.15. The van der Waals surface area contributed by atoms with Crippen molar-refractivity contribution < 1.29 is 22.3 Å². The summed E-state index contributed by atoms with van der Waals surface area (Å²) in [6, 6.07) is 16.8. The summed E-state index contributed by atoms with van der Waals surface area (Å²) in [6.07, 6.45) is 1.50. The lowest BCUT2D eigenvalue weighted by molar-refractivity contribution is 0.339. The first kappa shape index (κ1) is 18.0. The third kappa shape index (κ3) is 4.65. The van der Waals surface area contributed by atoms with Gasteiger partial charge < -0.3 is 13.9 Å². The van der Waals surface area contributed by atoms with Crippen LogP contribution in [0.25, 0.3) is 0 Å². The maximum atomic E-state index is 12.3. The van der Waals surface area contributed by atoms with Crippen molar-refractivity contribution in [2.75, 3.05) is 6.61 Å². The number of ether oxygens (including phenoxy) is 2. The smallest absolute Gasteiger partial charge is 0.240 e. The van der Waals surface area contributed by atoms with Crippen LogP contribution in [0.4, 0.5) is 0 Å². The fraction of sp³-hybridized carbons (Fsp3) is 0.158. The van der Waals surface area contributed by atoms with E-state index in [2.05, 4.69) is 4.72 Å². The molecule has 1 aromatic heterocycles. The van der Waals surface area contributed by atoms with Gasteiger partial charge in [-0.05, 0) is 67.6 Å². The Hall–Kier alpha value is -2.77. The van der Waals surface area contributed by atoms with Crippen LogP contribution in [0.2, 0.25) is 0 Å². The fourth-order valence-electron chi connectivity index (χ4n) is 2.26. The minimum absolute atomic E-state index is 0.0970. The number of sulfonamides is 1. The molecule has 0 fully saturated rings. The zero-order chi connectivity index (χ0) is 18.4. The number of nitrogens with one attached hydrogen (secondary N) is 1. The van der Waals surface area contributed by atoms with Crippen molar-refractivity contribution in [2.45, 2.75) is 18.4 Å². The molecule has 0 aliphatic carbocycles. The Labute approximate surface area is 152 Å². The molecule has 6 nitrogen and oxygen atoms in total. The van der Waals surface area contributed by atoms with E-state index in [9.17, 15) is 8.42 Å². The Morgan fingerprint density at radius 3 is 2.12 bits per heavy atom. The number of furan rings is 1. The average molecular weight is 373 g/mol. The molecule has 0 spiro atoms. The van der Waals surface area contributed by atoms with Crippen molar-refractivity contribution in [2.24, 2.45) is 0 Å². The van der Waals surface area contributed by atoms with Gasteiger partial charge in [0.05, 0.1) is 24.3 Å². The molecule has 0 atom stereocenters. The molecule has 136 valence electrons. The third-order valence-corrected chi connectivity index (χ3v) is 4.94. The highest BCUT2D eigenvalue weighted by molar-refractivity contribution is 7.89. The summed E-state index contributed by atoms with van der Waals surface area (Å²) < 4.78 is 43.3. The van der Waals surface area contributed by atoms with Crippen molar-refractivity contribution >= 4 is 10.0 Å². The highest BCUT2D eigenvalue weighted by atomic mass is 32.2. The molecule has 2 aromatic carbocycles. The molecule has 0 aliphatic rings. The predicted molar refractivity (Wildman–Crippen MR) is 96.9 cm³/mol. The van der Waals surface area contributed by atoms with Crippen molar-refractivity contribution in [3.05, 3.63) is 72.7 Å². The lowest BCUT2D eigenvalue weighted by atomic mass is 10.3. The first-order valence-electron chi connectivity index (χ1n) is 8.09. The van der Waals surface area contributed by atoms with E-state index in [0.717, 1.165) is 5.75 Å². The molecule has 1 N–H and O–H groups in total. The molecule has 1 heterocycles. The summed E-state index contributed by atoms with van der Waals surface area (Å²) in [5.41, 5.74) is 0. The van der Waals surface area contributed by atoms with E-state index in [4.69, 9.17) is 13.9 Å². The molecule has 0 amide bonds. The minimum atomic E-state index is -3.62. The van der Waals surface area contributed by atoms with Crippen molar-refractivity contribution in [1.29, 1.82) is 0 Å². The van der Waals surface area contributed by atoms with Crippen LogP contribution in [0.1, 0.15) is 12.7 Å². The lowest BCUT2D eigenvalue weighted by Crippen LogP contribution is -2.22. The van der Waals surface area contributed by atoms with Gasteiger partial charge in [-0.1, -0.05) is 0 Å². The van der Waals surface area contributed by atoms with Crippen LogP contribution in [-0.2, 0) is 16.6 Å². The topological polar surface area (TPSA) is 77.8 Å². The van der Waals surface area contributed by atoms with Crippen molar-refractivity contribution in [1.82, 2.24) is 4.72 Å². The van der Waals surface area contributed by atoms with Crippen LogP contribution in [0.15, 0.2) is 76.2 Å². The van der Waals surface area contributed by atoms with E-state index in [1.807, 2.05) is 19.1 Å². The van der Waals surface area contributed by atoms with Crippen molar-refractivity contribution in [3.63, 3.8) is 0 Å². The molecule has 0 aliphatic heterocycles. The van der Waals surface area contributed by atoms with Gasteiger partial charge in [0.2, 0.25) is 10.0 Å². The zero-order valence-electron chi connectivity index (χ0n) is 14.2. The Morgan fingerprint density at radius 1 is 0.923 bits per heavy atom. The standard InChI is InChI=1S/C19H19NO5S/c1-2-23-15-5-7-16(8-6-15)25-17-9-11-19(12-10-17)26(21,22)20-14-18-4-3-13-24-18/h3-13,20H,2,14H2,1H3. The van der Waals surface area contributed by atoms with Gasteiger partial charge in [0.15, 0.2) is 0 Å². The molecule has 0 unspecified atom stereocenters. The molecule has 0 bridgehead atoms. The van der Waals surface area contributed by atoms with E-state index >= 15 is 0 Å². The number of hydrogen-bond acceptors (Lipinski definition) is 5. The van der Waals surface area contributed by atoms with Gasteiger partial charge in [0, 0.05) is 0 Å². The Bertz CT molecular complexity index is 917. The Morgan fingerprint density at radius 2 is 1.54 bits per heavy atom. The number of benzene rings is 2. The molecule has 3 aromatic rings. The fourth-order valence-corrected chi connectivity index (χ4v) is 3.25. The molecule has 26 heavy (non-hydrogen) atoms. The van der Waals surface area contributed by atoms with E-state index in [1.54, 1.807) is 36.4 Å². The van der Waals surface area contributed by atoms with Crippen LogP contribution < -0.4 is 14.2 Å². The maximum Gasteiger partial charge on any atom is 0.240 e. The lowest BCUT2D eigenvalue weighted by Gasteiger charge is -2.09. The van der Waals surface area contributed by atoms with Crippen molar-refractivity contribution in [3.8, 4) is 17.2 Å². The second kappa shape index (κ2) is 8.07. The van der Waals surface area contributed by atoms with Gasteiger partial charge in [-0.25, -0.2) is 13.1 Å². The average Bonchev–Trinajstić information content (AvgIpc) is 3.16. The van der Waals surface area contributed by atoms with Gasteiger partial charge >= 0.3 is 0 Å². The number of rotatable bonds is 8. The molecular formula is C19H19NO5S. The van der Waals surface area contributed by atoms with E-state index in [-0.39, 0.29) is 11.4 Å². The normalized spacial score (nSPS) is 11.3. The molecule has 0 saturated carbocycles. The second-order valence-electron chi connectivity index (χ2n) is 5.38. The van der Waals surface area contributed by atoms with Crippen LogP contribution in [0.5, 0.6) is 17.2 Å². The molecule has 0 saturated heterocycles. The molecule has 0 radical (unpaired) electrons. The molecule has 3 rings (SSSR count). The predicted octanol–water partition coefficient (Wildman–Crippen LogP) is 3.95. The van der Waals surface area contributed by atoms with Crippen LogP contribution in [0, 0.1) is 0 Å². The molecular weight excluding hydrogens is 354 g/mol. The van der Waals surface area contributed by atoms with Gasteiger partial charge in [-0.2, -0.15) is 0 Å². The van der Waals surface area contributed by atoms with E-state index in [1.165, 1.54) is 18.4 Å². The van der Waals surface area contributed by atoms with Crippen LogP contribution in [0.3, 0.4) is 0 Å².